The fourth-order valence-corrected chi connectivity index (χ4v) is 2.59. The molecule has 1 rings (SSSR count). The third-order valence-corrected chi connectivity index (χ3v) is 4.33. The molecule has 1 unspecified atom stereocenters. The first-order valence-corrected chi connectivity index (χ1v) is 6.07. The molecule has 0 N–H and O–H groups in total. The van der Waals surface area contributed by atoms with E-state index >= 15 is 0 Å². The standard InChI is InChI=1S/C7H10O2S2/c1-6(11(2,8)9)7-4-3-5-10-7/h3-6H,1-2H3. The lowest BCUT2D eigenvalue weighted by Crippen LogP contribution is -2.05. The molecule has 0 bridgehead atoms. The van der Waals surface area contributed by atoms with Gasteiger partial charge in [-0.2, -0.15) is 0 Å². The van der Waals surface area contributed by atoms with Crippen molar-refractivity contribution in [1.29, 1.82) is 0 Å². The van der Waals surface area contributed by atoms with Crippen LogP contribution in [0.4, 0.5) is 0 Å². The molecule has 2 nitrogen and oxygen atoms in total. The van der Waals surface area contributed by atoms with Crippen molar-refractivity contribution in [2.75, 3.05) is 6.26 Å². The van der Waals surface area contributed by atoms with Crippen LogP contribution in [0.15, 0.2) is 17.5 Å². The average molecular weight is 190 g/mol. The molecule has 11 heavy (non-hydrogen) atoms. The van der Waals surface area contributed by atoms with E-state index in [4.69, 9.17) is 0 Å². The van der Waals surface area contributed by atoms with Crippen molar-refractivity contribution in [3.63, 3.8) is 0 Å². The van der Waals surface area contributed by atoms with Gasteiger partial charge in [0.25, 0.3) is 0 Å². The summed E-state index contributed by atoms with van der Waals surface area (Å²) in [7, 11) is -2.92. The van der Waals surface area contributed by atoms with Crippen molar-refractivity contribution in [1.82, 2.24) is 0 Å². The molecule has 0 spiro atoms. The van der Waals surface area contributed by atoms with Crippen LogP contribution in [0.3, 0.4) is 0 Å². The van der Waals surface area contributed by atoms with Crippen LogP contribution in [0.5, 0.6) is 0 Å². The van der Waals surface area contributed by atoms with Crippen molar-refractivity contribution in [2.45, 2.75) is 12.2 Å². The summed E-state index contributed by atoms with van der Waals surface area (Å²) in [6, 6.07) is 3.71. The van der Waals surface area contributed by atoms with Gasteiger partial charge in [0.05, 0.1) is 5.25 Å². The normalized spacial score (nSPS) is 14.7. The van der Waals surface area contributed by atoms with E-state index in [1.54, 1.807) is 6.92 Å². The topological polar surface area (TPSA) is 34.1 Å². The zero-order chi connectivity index (χ0) is 8.48. The first-order valence-electron chi connectivity index (χ1n) is 3.24. The Morgan fingerprint density at radius 1 is 1.55 bits per heavy atom. The zero-order valence-electron chi connectivity index (χ0n) is 6.44. The molecule has 0 aromatic carbocycles. The fraction of sp³-hybridized carbons (Fsp3) is 0.429. The van der Waals surface area contributed by atoms with Crippen LogP contribution >= 0.6 is 11.3 Å². The van der Waals surface area contributed by atoms with Crippen molar-refractivity contribution in [3.8, 4) is 0 Å². The number of rotatable bonds is 2. The molecule has 0 aliphatic carbocycles. The Balaban J connectivity index is 2.97. The van der Waals surface area contributed by atoms with E-state index in [1.807, 2.05) is 17.5 Å². The number of sulfone groups is 1. The third kappa shape index (κ3) is 2.04. The Hall–Kier alpha value is -0.350. The largest absolute Gasteiger partial charge is 0.228 e. The van der Waals surface area contributed by atoms with Crippen LogP contribution in [-0.2, 0) is 9.84 Å². The molecule has 0 aliphatic rings. The molecular weight excluding hydrogens is 180 g/mol. The molecule has 1 aromatic heterocycles. The van der Waals surface area contributed by atoms with Gasteiger partial charge in [0.2, 0.25) is 0 Å². The van der Waals surface area contributed by atoms with Gasteiger partial charge in [0.15, 0.2) is 9.84 Å². The van der Waals surface area contributed by atoms with Crippen LogP contribution in [0.25, 0.3) is 0 Å². The molecule has 0 radical (unpaired) electrons. The van der Waals surface area contributed by atoms with E-state index in [0.29, 0.717) is 0 Å². The molecule has 4 heteroatoms. The molecular formula is C7H10O2S2. The summed E-state index contributed by atoms with van der Waals surface area (Å²) in [5, 5.41) is 1.53. The first-order chi connectivity index (χ1) is 5.02. The molecule has 0 amide bonds. The van der Waals surface area contributed by atoms with Gasteiger partial charge in [-0.25, -0.2) is 8.42 Å². The predicted molar refractivity (Wildman–Crippen MR) is 47.6 cm³/mol. The molecule has 1 aromatic rings. The lowest BCUT2D eigenvalue weighted by molar-refractivity contribution is 0.593. The quantitative estimate of drug-likeness (QED) is 0.713. The molecule has 1 atom stereocenters. The van der Waals surface area contributed by atoms with Gasteiger partial charge in [-0.05, 0) is 18.4 Å². The summed E-state index contributed by atoms with van der Waals surface area (Å²) < 4.78 is 22.1. The van der Waals surface area contributed by atoms with E-state index in [9.17, 15) is 8.42 Å². The summed E-state index contributed by atoms with van der Waals surface area (Å²) in [6.45, 7) is 1.71. The molecule has 1 heterocycles. The lowest BCUT2D eigenvalue weighted by atomic mass is 10.4. The second-order valence-corrected chi connectivity index (χ2v) is 5.83. The van der Waals surface area contributed by atoms with Gasteiger partial charge >= 0.3 is 0 Å². The summed E-state index contributed by atoms with van der Waals surface area (Å²) in [4.78, 5) is 0.910. The average Bonchev–Trinajstić information content (AvgIpc) is 2.34. The minimum Gasteiger partial charge on any atom is -0.228 e. The van der Waals surface area contributed by atoms with Gasteiger partial charge < -0.3 is 0 Å². The van der Waals surface area contributed by atoms with Gasteiger partial charge in [0, 0.05) is 11.1 Å². The lowest BCUT2D eigenvalue weighted by Gasteiger charge is -2.04. The maximum absolute atomic E-state index is 11.0. The Morgan fingerprint density at radius 2 is 2.18 bits per heavy atom. The van der Waals surface area contributed by atoms with Gasteiger partial charge in [-0.1, -0.05) is 6.07 Å². The summed E-state index contributed by atoms with van der Waals surface area (Å²) in [6.07, 6.45) is 1.26. The van der Waals surface area contributed by atoms with E-state index in [1.165, 1.54) is 17.6 Å². The highest BCUT2D eigenvalue weighted by Crippen LogP contribution is 2.24. The molecule has 62 valence electrons. The highest BCUT2D eigenvalue weighted by Gasteiger charge is 2.17. The highest BCUT2D eigenvalue weighted by molar-refractivity contribution is 7.91. The maximum Gasteiger partial charge on any atom is 0.154 e. The fourth-order valence-electron chi connectivity index (χ4n) is 0.734. The van der Waals surface area contributed by atoms with Crippen molar-refractivity contribution >= 4 is 21.2 Å². The van der Waals surface area contributed by atoms with Gasteiger partial charge in [-0.3, -0.25) is 0 Å². The summed E-state index contributed by atoms with van der Waals surface area (Å²) in [5.74, 6) is 0. The molecule has 0 saturated heterocycles. The van der Waals surface area contributed by atoms with Gasteiger partial charge in [-0.15, -0.1) is 11.3 Å². The van der Waals surface area contributed by atoms with Crippen molar-refractivity contribution in [3.05, 3.63) is 22.4 Å². The Labute approximate surface area is 70.8 Å². The highest BCUT2D eigenvalue weighted by atomic mass is 32.2. The number of thiophene rings is 1. The van der Waals surface area contributed by atoms with E-state index in [-0.39, 0.29) is 5.25 Å². The van der Waals surface area contributed by atoms with Crippen LogP contribution in [0.2, 0.25) is 0 Å². The summed E-state index contributed by atoms with van der Waals surface area (Å²) in [5.41, 5.74) is 0. The Kier molecular flexibility index (Phi) is 2.34. The van der Waals surface area contributed by atoms with Crippen LogP contribution in [0, 0.1) is 0 Å². The minimum absolute atomic E-state index is 0.359. The molecule has 0 aliphatic heterocycles. The second kappa shape index (κ2) is 2.95. The third-order valence-electron chi connectivity index (χ3n) is 1.59. The smallest absolute Gasteiger partial charge is 0.154 e. The van der Waals surface area contributed by atoms with Crippen molar-refractivity contribution in [2.24, 2.45) is 0 Å². The summed E-state index contributed by atoms with van der Waals surface area (Å²) >= 11 is 1.48. The Bertz CT molecular complexity index is 310. The zero-order valence-corrected chi connectivity index (χ0v) is 8.08. The SMILES string of the molecule is CC(c1cccs1)S(C)(=O)=O. The number of hydrogen-bond acceptors (Lipinski definition) is 3. The second-order valence-electron chi connectivity index (χ2n) is 2.49. The van der Waals surface area contributed by atoms with Crippen LogP contribution in [-0.4, -0.2) is 14.7 Å². The van der Waals surface area contributed by atoms with E-state index in [0.717, 1.165) is 4.88 Å². The Morgan fingerprint density at radius 3 is 2.55 bits per heavy atom. The minimum atomic E-state index is -2.92. The molecule has 0 saturated carbocycles. The molecule has 0 fully saturated rings. The van der Waals surface area contributed by atoms with Crippen LogP contribution in [0.1, 0.15) is 17.1 Å². The number of hydrogen-bond donors (Lipinski definition) is 0. The first kappa shape index (κ1) is 8.74. The van der Waals surface area contributed by atoms with Crippen LogP contribution < -0.4 is 0 Å². The van der Waals surface area contributed by atoms with E-state index in [2.05, 4.69) is 0 Å². The van der Waals surface area contributed by atoms with E-state index < -0.39 is 9.84 Å². The maximum atomic E-state index is 11.0. The predicted octanol–water partition coefficient (Wildman–Crippen LogP) is 1.85. The monoisotopic (exact) mass is 190 g/mol. The van der Waals surface area contributed by atoms with Gasteiger partial charge in [0.1, 0.15) is 0 Å². The van der Waals surface area contributed by atoms with Crippen molar-refractivity contribution < 1.29 is 8.42 Å².